The molecule has 3 N–H and O–H groups in total. The lowest BCUT2D eigenvalue weighted by molar-refractivity contribution is -0.137. The highest BCUT2D eigenvalue weighted by Gasteiger charge is 2.30. The van der Waals surface area contributed by atoms with Gasteiger partial charge in [-0.3, -0.25) is 0 Å². The van der Waals surface area contributed by atoms with Crippen molar-refractivity contribution in [2.45, 2.75) is 26.1 Å². The molecule has 2 aromatic carbocycles. The lowest BCUT2D eigenvalue weighted by Crippen LogP contribution is -2.34. The fourth-order valence-corrected chi connectivity index (χ4v) is 2.01. The Kier molecular flexibility index (Phi) is 5.33. The monoisotopic (exact) mass is 337 g/mol. The highest BCUT2D eigenvalue weighted by atomic mass is 19.4. The van der Waals surface area contributed by atoms with Gasteiger partial charge in [0.15, 0.2) is 0 Å². The van der Waals surface area contributed by atoms with Gasteiger partial charge in [0.2, 0.25) is 0 Å². The van der Waals surface area contributed by atoms with Gasteiger partial charge in [0.05, 0.1) is 5.56 Å². The van der Waals surface area contributed by atoms with E-state index in [-0.39, 0.29) is 12.1 Å². The van der Waals surface area contributed by atoms with E-state index in [4.69, 9.17) is 0 Å². The number of hydrogen-bond donors (Lipinski definition) is 3. The number of nitrogens with one attached hydrogen (secondary N) is 3. The van der Waals surface area contributed by atoms with E-state index in [1.807, 2.05) is 13.8 Å². The Morgan fingerprint density at radius 3 is 2.17 bits per heavy atom. The first-order chi connectivity index (χ1) is 11.2. The van der Waals surface area contributed by atoms with Gasteiger partial charge in [-0.1, -0.05) is 6.07 Å². The molecule has 2 amide bonds. The fourth-order valence-electron chi connectivity index (χ4n) is 2.01. The SMILES string of the molecule is CC(C)NC(=O)Nc1ccc(Nc2cccc(C(F)(F)F)c2)cc1. The highest BCUT2D eigenvalue weighted by Crippen LogP contribution is 2.31. The van der Waals surface area contributed by atoms with Gasteiger partial charge in [0, 0.05) is 23.1 Å². The van der Waals surface area contributed by atoms with Crippen LogP contribution in [-0.4, -0.2) is 12.1 Å². The summed E-state index contributed by atoms with van der Waals surface area (Å²) in [5, 5.41) is 8.26. The van der Waals surface area contributed by atoms with Crippen LogP contribution in [0.5, 0.6) is 0 Å². The Hall–Kier alpha value is -2.70. The lowest BCUT2D eigenvalue weighted by Gasteiger charge is -2.12. The topological polar surface area (TPSA) is 53.2 Å². The Bertz CT molecular complexity index is 697. The van der Waals surface area contributed by atoms with Crippen molar-refractivity contribution in [2.75, 3.05) is 10.6 Å². The molecule has 0 fully saturated rings. The largest absolute Gasteiger partial charge is 0.416 e. The summed E-state index contributed by atoms with van der Waals surface area (Å²) >= 11 is 0. The number of rotatable bonds is 4. The quantitative estimate of drug-likeness (QED) is 0.737. The molecule has 0 aromatic heterocycles. The van der Waals surface area contributed by atoms with Crippen LogP contribution in [0.1, 0.15) is 19.4 Å². The van der Waals surface area contributed by atoms with E-state index in [1.165, 1.54) is 6.07 Å². The maximum Gasteiger partial charge on any atom is 0.416 e. The Morgan fingerprint density at radius 2 is 1.58 bits per heavy atom. The van der Waals surface area contributed by atoms with E-state index in [2.05, 4.69) is 16.0 Å². The van der Waals surface area contributed by atoms with Crippen molar-refractivity contribution in [1.29, 1.82) is 0 Å². The summed E-state index contributed by atoms with van der Waals surface area (Å²) in [4.78, 5) is 11.6. The number of hydrogen-bond acceptors (Lipinski definition) is 2. The standard InChI is InChI=1S/C17H18F3N3O/c1-11(2)21-16(24)23-14-8-6-13(7-9-14)22-15-5-3-4-12(10-15)17(18,19)20/h3-11,22H,1-2H3,(H2,21,23,24). The van der Waals surface area contributed by atoms with Crippen LogP contribution < -0.4 is 16.0 Å². The van der Waals surface area contributed by atoms with Crippen molar-refractivity contribution in [3.05, 3.63) is 54.1 Å². The molecule has 4 nitrogen and oxygen atoms in total. The van der Waals surface area contributed by atoms with Crippen molar-refractivity contribution in [2.24, 2.45) is 0 Å². The van der Waals surface area contributed by atoms with Crippen LogP contribution in [0, 0.1) is 0 Å². The number of halogens is 3. The summed E-state index contributed by atoms with van der Waals surface area (Å²) in [6.07, 6.45) is -4.38. The van der Waals surface area contributed by atoms with E-state index in [9.17, 15) is 18.0 Å². The molecule has 0 unspecified atom stereocenters. The molecule has 0 saturated carbocycles. The summed E-state index contributed by atoms with van der Waals surface area (Å²) in [7, 11) is 0. The molecule has 128 valence electrons. The minimum atomic E-state index is -4.38. The molecule has 0 aliphatic carbocycles. The number of anilines is 3. The van der Waals surface area contributed by atoms with Gasteiger partial charge < -0.3 is 16.0 Å². The Morgan fingerprint density at radius 1 is 0.958 bits per heavy atom. The van der Waals surface area contributed by atoms with Gasteiger partial charge >= 0.3 is 12.2 Å². The third kappa shape index (κ3) is 5.19. The number of carbonyl (C=O) groups is 1. The third-order valence-electron chi connectivity index (χ3n) is 3.04. The zero-order chi connectivity index (χ0) is 17.7. The maximum atomic E-state index is 12.7. The van der Waals surface area contributed by atoms with Gasteiger partial charge in [-0.25, -0.2) is 4.79 Å². The first-order valence-corrected chi connectivity index (χ1v) is 7.36. The zero-order valence-corrected chi connectivity index (χ0v) is 13.2. The molecule has 0 aliphatic heterocycles. The molecule has 0 aliphatic rings. The molecule has 0 heterocycles. The molecule has 2 aromatic rings. The molecule has 2 rings (SSSR count). The van der Waals surface area contributed by atoms with Gasteiger partial charge in [-0.15, -0.1) is 0 Å². The zero-order valence-electron chi connectivity index (χ0n) is 13.2. The van der Waals surface area contributed by atoms with Gasteiger partial charge in [-0.05, 0) is 56.3 Å². The number of amides is 2. The minimum Gasteiger partial charge on any atom is -0.356 e. The summed E-state index contributed by atoms with van der Waals surface area (Å²) in [6, 6.07) is 11.3. The van der Waals surface area contributed by atoms with Crippen molar-refractivity contribution in [1.82, 2.24) is 5.32 Å². The Labute approximate surface area is 138 Å². The second kappa shape index (κ2) is 7.25. The number of carbonyl (C=O) groups excluding carboxylic acids is 1. The van der Waals surface area contributed by atoms with Crippen molar-refractivity contribution in [3.63, 3.8) is 0 Å². The second-order valence-electron chi connectivity index (χ2n) is 5.53. The average molecular weight is 337 g/mol. The summed E-state index contributed by atoms with van der Waals surface area (Å²) < 4.78 is 38.1. The Balaban J connectivity index is 2.03. The molecule has 7 heteroatoms. The van der Waals surface area contributed by atoms with Crippen LogP contribution in [0.3, 0.4) is 0 Å². The molecule has 0 bridgehead atoms. The average Bonchev–Trinajstić information content (AvgIpc) is 2.48. The normalized spacial score (nSPS) is 11.2. The summed E-state index contributed by atoms with van der Waals surface area (Å²) in [5.74, 6) is 0. The van der Waals surface area contributed by atoms with E-state index < -0.39 is 11.7 Å². The lowest BCUT2D eigenvalue weighted by atomic mass is 10.2. The number of urea groups is 1. The molecular formula is C17H18F3N3O. The number of alkyl halides is 3. The molecular weight excluding hydrogens is 319 g/mol. The molecule has 0 saturated heterocycles. The molecule has 24 heavy (non-hydrogen) atoms. The highest BCUT2D eigenvalue weighted by molar-refractivity contribution is 5.89. The van der Waals surface area contributed by atoms with Crippen LogP contribution in [-0.2, 0) is 6.18 Å². The first kappa shape index (κ1) is 17.7. The van der Waals surface area contributed by atoms with Crippen LogP contribution in [0.4, 0.5) is 35.0 Å². The predicted molar refractivity (Wildman–Crippen MR) is 88.5 cm³/mol. The van der Waals surface area contributed by atoms with Gasteiger partial charge in [0.1, 0.15) is 0 Å². The minimum absolute atomic E-state index is 0.0202. The smallest absolute Gasteiger partial charge is 0.356 e. The third-order valence-corrected chi connectivity index (χ3v) is 3.04. The van der Waals surface area contributed by atoms with Crippen molar-refractivity contribution >= 4 is 23.1 Å². The van der Waals surface area contributed by atoms with E-state index in [0.29, 0.717) is 17.1 Å². The van der Waals surface area contributed by atoms with E-state index in [1.54, 1.807) is 30.3 Å². The summed E-state index contributed by atoms with van der Waals surface area (Å²) in [6.45, 7) is 3.70. The maximum absolute atomic E-state index is 12.7. The van der Waals surface area contributed by atoms with E-state index in [0.717, 1.165) is 12.1 Å². The molecule has 0 atom stereocenters. The predicted octanol–water partition coefficient (Wildman–Crippen LogP) is 4.98. The number of benzene rings is 2. The van der Waals surface area contributed by atoms with Crippen LogP contribution >= 0.6 is 0 Å². The first-order valence-electron chi connectivity index (χ1n) is 7.36. The van der Waals surface area contributed by atoms with Crippen LogP contribution in [0.25, 0.3) is 0 Å². The van der Waals surface area contributed by atoms with Crippen LogP contribution in [0.15, 0.2) is 48.5 Å². The molecule has 0 spiro atoms. The van der Waals surface area contributed by atoms with E-state index >= 15 is 0 Å². The fraction of sp³-hybridized carbons (Fsp3) is 0.235. The van der Waals surface area contributed by atoms with Crippen molar-refractivity contribution in [3.8, 4) is 0 Å². The van der Waals surface area contributed by atoms with Crippen molar-refractivity contribution < 1.29 is 18.0 Å². The van der Waals surface area contributed by atoms with Gasteiger partial charge in [0.25, 0.3) is 0 Å². The second-order valence-corrected chi connectivity index (χ2v) is 5.53. The van der Waals surface area contributed by atoms with Gasteiger partial charge in [-0.2, -0.15) is 13.2 Å². The van der Waals surface area contributed by atoms with Crippen LogP contribution in [0.2, 0.25) is 0 Å². The summed E-state index contributed by atoms with van der Waals surface area (Å²) in [5.41, 5.74) is 0.825. The molecule has 0 radical (unpaired) electrons.